The number of benzene rings is 1. The number of urea groups is 1. The molecule has 0 saturated heterocycles. The molecule has 0 bridgehead atoms. The molecule has 2 aromatic rings. The maximum absolute atomic E-state index is 12.8. The van der Waals surface area contributed by atoms with Gasteiger partial charge in [0.15, 0.2) is 23.6 Å². The van der Waals surface area contributed by atoms with E-state index in [2.05, 4.69) is 26.1 Å². The normalized spacial score (nSPS) is 16.2. The van der Waals surface area contributed by atoms with E-state index in [9.17, 15) is 30.0 Å². The largest absolute Gasteiger partial charge is 0.486 e. The van der Waals surface area contributed by atoms with Crippen LogP contribution < -0.4 is 31.2 Å². The van der Waals surface area contributed by atoms with Crippen molar-refractivity contribution >= 4 is 17.6 Å². The van der Waals surface area contributed by atoms with E-state index in [4.69, 9.17) is 19.7 Å². The number of aliphatic hydroxyl groups excluding tert-OH is 3. The van der Waals surface area contributed by atoms with Gasteiger partial charge >= 0.3 is 6.03 Å². The zero-order chi connectivity index (χ0) is 25.5. The molecule has 35 heavy (non-hydrogen) atoms. The van der Waals surface area contributed by atoms with Gasteiger partial charge in [-0.2, -0.15) is 4.98 Å². The summed E-state index contributed by atoms with van der Waals surface area (Å²) in [4.78, 5) is 29.3. The molecular formula is C20H28N6O9. The lowest BCUT2D eigenvalue weighted by molar-refractivity contribution is -0.116. The van der Waals surface area contributed by atoms with Gasteiger partial charge in [0.25, 0.3) is 0 Å². The number of rotatable bonds is 10. The van der Waals surface area contributed by atoms with Crippen LogP contribution in [-0.4, -0.2) is 80.8 Å². The van der Waals surface area contributed by atoms with E-state index in [1.807, 2.05) is 0 Å². The fourth-order valence-corrected chi connectivity index (χ4v) is 3.14. The van der Waals surface area contributed by atoms with Gasteiger partial charge in [0.2, 0.25) is 11.8 Å². The topological polar surface area (TPSA) is 235 Å². The van der Waals surface area contributed by atoms with Crippen molar-refractivity contribution in [1.82, 2.24) is 20.8 Å². The number of hydrogen-bond donors (Lipinski definition) is 8. The number of nitrogens with one attached hydrogen (secondary N) is 3. The van der Waals surface area contributed by atoms with Crippen LogP contribution in [-0.2, 0) is 4.79 Å². The highest BCUT2D eigenvalue weighted by molar-refractivity contribution is 5.92. The summed E-state index contributed by atoms with van der Waals surface area (Å²) in [5.74, 6) is 0.230. The molecule has 3 amide bonds. The van der Waals surface area contributed by atoms with Crippen molar-refractivity contribution in [3.8, 4) is 11.5 Å². The molecule has 0 unspecified atom stereocenters. The van der Waals surface area contributed by atoms with Gasteiger partial charge < -0.3 is 56.1 Å². The highest BCUT2D eigenvalue weighted by atomic mass is 16.6. The maximum Gasteiger partial charge on any atom is 0.315 e. The predicted octanol–water partition coefficient (Wildman–Crippen LogP) is -1.74. The van der Waals surface area contributed by atoms with E-state index in [-0.39, 0.29) is 18.1 Å². The summed E-state index contributed by atoms with van der Waals surface area (Å²) < 4.78 is 16.1. The molecule has 1 aromatic heterocycles. The molecule has 1 aliphatic heterocycles. The molecule has 9 N–H and O–H groups in total. The third kappa shape index (κ3) is 7.00. The van der Waals surface area contributed by atoms with Crippen LogP contribution in [0.15, 0.2) is 22.7 Å². The van der Waals surface area contributed by atoms with Crippen molar-refractivity contribution in [3.63, 3.8) is 0 Å². The number of amides is 3. The number of carbonyl (C=O) groups is 2. The minimum atomic E-state index is -2.05. The molecule has 1 aromatic carbocycles. The van der Waals surface area contributed by atoms with Crippen LogP contribution in [0.4, 0.5) is 10.5 Å². The second kappa shape index (κ2) is 11.8. The third-order valence-electron chi connectivity index (χ3n) is 4.94. The van der Waals surface area contributed by atoms with Crippen LogP contribution in [0.2, 0.25) is 0 Å². The summed E-state index contributed by atoms with van der Waals surface area (Å²) in [6.07, 6.45) is -3.72. The number of aromatic nitrogens is 2. The van der Waals surface area contributed by atoms with E-state index in [1.54, 1.807) is 18.2 Å². The fraction of sp³-hybridized carbons (Fsp3) is 0.500. The summed E-state index contributed by atoms with van der Waals surface area (Å²) in [5, 5.41) is 48.5. The lowest BCUT2D eigenvalue weighted by Crippen LogP contribution is -2.53. The van der Waals surface area contributed by atoms with Gasteiger partial charge in [-0.1, -0.05) is 5.16 Å². The van der Waals surface area contributed by atoms with Crippen molar-refractivity contribution in [2.45, 2.75) is 43.9 Å². The highest BCUT2D eigenvalue weighted by Gasteiger charge is 2.29. The predicted molar refractivity (Wildman–Crippen MR) is 117 cm³/mol. The summed E-state index contributed by atoms with van der Waals surface area (Å²) in [7, 11) is 0. The van der Waals surface area contributed by atoms with E-state index < -0.39 is 49.1 Å². The first-order valence-electron chi connectivity index (χ1n) is 10.7. The number of aliphatic hydroxyl groups is 4. The number of ether oxygens (including phenoxy) is 2. The van der Waals surface area contributed by atoms with Crippen molar-refractivity contribution < 1.29 is 44.0 Å². The van der Waals surface area contributed by atoms with E-state index in [0.29, 0.717) is 30.4 Å². The average Bonchev–Trinajstić information content (AvgIpc) is 3.31. The Morgan fingerprint density at radius 3 is 2.51 bits per heavy atom. The molecular weight excluding hydrogens is 468 g/mol. The number of anilines is 1. The quantitative estimate of drug-likeness (QED) is 0.171. The molecule has 15 heteroatoms. The molecule has 0 radical (unpaired) electrons. The minimum absolute atomic E-state index is 0.0467. The molecule has 3 rings (SSSR count). The van der Waals surface area contributed by atoms with Gasteiger partial charge in [-0.25, -0.2) is 4.79 Å². The average molecular weight is 496 g/mol. The van der Waals surface area contributed by atoms with Crippen LogP contribution in [0.1, 0.15) is 37.1 Å². The van der Waals surface area contributed by atoms with Crippen LogP contribution >= 0.6 is 0 Å². The van der Waals surface area contributed by atoms with Gasteiger partial charge in [-0.3, -0.25) is 4.79 Å². The van der Waals surface area contributed by atoms with Crippen LogP contribution in [0, 0.1) is 0 Å². The molecule has 0 aliphatic carbocycles. The van der Waals surface area contributed by atoms with Crippen molar-refractivity contribution in [3.05, 3.63) is 29.9 Å². The first kappa shape index (κ1) is 26.1. The van der Waals surface area contributed by atoms with E-state index >= 15 is 0 Å². The lowest BCUT2D eigenvalue weighted by Gasteiger charge is -2.24. The van der Waals surface area contributed by atoms with Crippen LogP contribution in [0.3, 0.4) is 0 Å². The second-order valence-electron chi connectivity index (χ2n) is 7.74. The standard InChI is InChI=1S/C20H28N6O9/c1-9(28)16(19(30)31)24-20(32)23-12(18-25-17(26-35-18)11(21)8-27)7-15(29)22-10-2-3-13-14(6-10)34-5-4-33-13/h2-3,6,9,11-12,16,19,27-28,30-31H,4-5,7-8,21H2,1H3,(H,22,29)(H2,23,24,32)/t9-,11+,12+,16+/m1/s1. The molecule has 0 spiro atoms. The van der Waals surface area contributed by atoms with Crippen molar-refractivity contribution in [1.29, 1.82) is 0 Å². The Morgan fingerprint density at radius 2 is 1.86 bits per heavy atom. The maximum atomic E-state index is 12.8. The molecule has 1 aliphatic rings. The van der Waals surface area contributed by atoms with Crippen molar-refractivity contribution in [2.75, 3.05) is 25.1 Å². The number of hydrogen-bond acceptors (Lipinski definition) is 12. The van der Waals surface area contributed by atoms with E-state index in [1.165, 1.54) is 6.92 Å². The van der Waals surface area contributed by atoms with Gasteiger partial charge in [-0.05, 0) is 19.1 Å². The SMILES string of the molecule is C[C@@H](O)[C@H](NC(=O)N[C@@H](CC(=O)Nc1ccc2c(c1)OCCO2)c1nc([C@@H](N)CO)no1)C(O)O. The first-order chi connectivity index (χ1) is 16.7. The van der Waals surface area contributed by atoms with Crippen molar-refractivity contribution in [2.24, 2.45) is 5.73 Å². The van der Waals surface area contributed by atoms with Gasteiger partial charge in [0.1, 0.15) is 25.3 Å². The third-order valence-corrected chi connectivity index (χ3v) is 4.94. The first-order valence-corrected chi connectivity index (χ1v) is 10.7. The molecule has 0 saturated carbocycles. The molecule has 4 atom stereocenters. The van der Waals surface area contributed by atoms with Gasteiger partial charge in [0.05, 0.1) is 25.2 Å². The Hall–Kier alpha value is -3.50. The number of nitrogens with two attached hydrogens (primary N) is 1. The lowest BCUT2D eigenvalue weighted by atomic mass is 10.1. The number of nitrogens with zero attached hydrogens (tertiary/aromatic N) is 2. The Balaban J connectivity index is 1.74. The summed E-state index contributed by atoms with van der Waals surface area (Å²) >= 11 is 0. The van der Waals surface area contributed by atoms with Gasteiger partial charge in [0, 0.05) is 11.8 Å². The fourth-order valence-electron chi connectivity index (χ4n) is 3.14. The highest BCUT2D eigenvalue weighted by Crippen LogP contribution is 2.32. The Morgan fingerprint density at radius 1 is 1.14 bits per heavy atom. The van der Waals surface area contributed by atoms with Crippen LogP contribution in [0.25, 0.3) is 0 Å². The summed E-state index contributed by atoms with van der Waals surface area (Å²) in [6.45, 7) is 1.58. The zero-order valence-corrected chi connectivity index (χ0v) is 18.7. The van der Waals surface area contributed by atoms with Crippen LogP contribution in [0.5, 0.6) is 11.5 Å². The number of fused-ring (bicyclic) bond motifs is 1. The second-order valence-corrected chi connectivity index (χ2v) is 7.74. The Labute approximate surface area is 199 Å². The molecule has 15 nitrogen and oxygen atoms in total. The minimum Gasteiger partial charge on any atom is -0.486 e. The Kier molecular flexibility index (Phi) is 8.78. The zero-order valence-electron chi connectivity index (χ0n) is 18.7. The molecule has 192 valence electrons. The summed E-state index contributed by atoms with van der Waals surface area (Å²) in [6, 6.07) is 0.354. The van der Waals surface area contributed by atoms with Gasteiger partial charge in [-0.15, -0.1) is 0 Å². The number of carbonyl (C=O) groups excluding carboxylic acids is 2. The molecule has 2 heterocycles. The van der Waals surface area contributed by atoms with E-state index in [0.717, 1.165) is 0 Å². The molecule has 0 fully saturated rings. The smallest absolute Gasteiger partial charge is 0.315 e. The Bertz CT molecular complexity index is 1010. The monoisotopic (exact) mass is 496 g/mol. The summed E-state index contributed by atoms with van der Waals surface area (Å²) in [5.41, 5.74) is 6.09.